The first kappa shape index (κ1) is 14.0. The molecule has 1 unspecified atom stereocenters. The summed E-state index contributed by atoms with van der Waals surface area (Å²) in [5.74, 6) is 0.874. The van der Waals surface area contributed by atoms with Crippen LogP contribution in [-0.2, 0) is 13.0 Å². The molecule has 102 valence electrons. The summed E-state index contributed by atoms with van der Waals surface area (Å²) in [6.45, 7) is 10.2. The van der Waals surface area contributed by atoms with E-state index < -0.39 is 0 Å². The first-order valence-corrected chi connectivity index (χ1v) is 7.96. The Morgan fingerprint density at radius 2 is 2.44 bits per heavy atom. The molecule has 0 aliphatic carbocycles. The Bertz CT molecular complexity index is 351. The molecule has 0 radical (unpaired) electrons. The minimum Gasteiger partial charge on any atom is -0.312 e. The molecule has 1 saturated heterocycles. The zero-order chi connectivity index (χ0) is 12.8. The van der Waals surface area contributed by atoms with Gasteiger partial charge in [0.25, 0.3) is 0 Å². The van der Waals surface area contributed by atoms with Crippen molar-refractivity contribution in [3.63, 3.8) is 0 Å². The molecular weight excluding hydrogens is 242 g/mol. The molecule has 1 N–H and O–H groups in total. The number of aromatic nitrogens is 1. The first-order valence-electron chi connectivity index (χ1n) is 7.14. The van der Waals surface area contributed by atoms with Crippen LogP contribution in [0.4, 0.5) is 0 Å². The summed E-state index contributed by atoms with van der Waals surface area (Å²) in [6, 6.07) is 0. The van der Waals surface area contributed by atoms with E-state index in [0.29, 0.717) is 0 Å². The van der Waals surface area contributed by atoms with E-state index in [-0.39, 0.29) is 0 Å². The largest absolute Gasteiger partial charge is 0.312 e. The second kappa shape index (κ2) is 7.22. The Hall–Kier alpha value is -0.450. The molecule has 0 saturated carbocycles. The molecule has 0 spiro atoms. The highest BCUT2D eigenvalue weighted by molar-refractivity contribution is 7.11. The smallest absolute Gasteiger partial charge is 0.0940 e. The standard InChI is InChI=1S/C14H25N3S/c1-3-15-9-13-10-16-14(18-13)6-8-17-7-4-5-12(2)11-17/h10,12,15H,3-9,11H2,1-2H3. The van der Waals surface area contributed by atoms with E-state index in [1.165, 1.54) is 42.4 Å². The van der Waals surface area contributed by atoms with E-state index >= 15 is 0 Å². The van der Waals surface area contributed by atoms with Crippen LogP contribution in [0.2, 0.25) is 0 Å². The van der Waals surface area contributed by atoms with Gasteiger partial charge in [-0.05, 0) is 31.8 Å². The van der Waals surface area contributed by atoms with Crippen LogP contribution in [0.1, 0.15) is 36.6 Å². The number of piperidine rings is 1. The fourth-order valence-electron chi connectivity index (χ4n) is 2.54. The highest BCUT2D eigenvalue weighted by Gasteiger charge is 2.16. The molecule has 2 rings (SSSR count). The molecule has 1 atom stereocenters. The van der Waals surface area contributed by atoms with E-state index in [1.54, 1.807) is 0 Å². The molecule has 4 heteroatoms. The second-order valence-corrected chi connectivity index (χ2v) is 6.50. The summed E-state index contributed by atoms with van der Waals surface area (Å²) >= 11 is 1.86. The van der Waals surface area contributed by atoms with Crippen LogP contribution in [0.25, 0.3) is 0 Å². The third-order valence-electron chi connectivity index (χ3n) is 3.53. The molecule has 1 fully saturated rings. The lowest BCUT2D eigenvalue weighted by Gasteiger charge is -2.30. The van der Waals surface area contributed by atoms with Gasteiger partial charge in [0.15, 0.2) is 0 Å². The Morgan fingerprint density at radius 3 is 3.22 bits per heavy atom. The van der Waals surface area contributed by atoms with Gasteiger partial charge in [0.1, 0.15) is 0 Å². The van der Waals surface area contributed by atoms with Crippen LogP contribution >= 0.6 is 11.3 Å². The number of hydrogen-bond donors (Lipinski definition) is 1. The number of hydrogen-bond acceptors (Lipinski definition) is 4. The van der Waals surface area contributed by atoms with Crippen molar-refractivity contribution in [2.45, 2.75) is 39.7 Å². The van der Waals surface area contributed by atoms with Crippen LogP contribution in [0.3, 0.4) is 0 Å². The Morgan fingerprint density at radius 1 is 1.56 bits per heavy atom. The van der Waals surface area contributed by atoms with Crippen molar-refractivity contribution >= 4 is 11.3 Å². The van der Waals surface area contributed by atoms with Crippen molar-refractivity contribution in [3.8, 4) is 0 Å². The van der Waals surface area contributed by atoms with Gasteiger partial charge >= 0.3 is 0 Å². The summed E-state index contributed by atoms with van der Waals surface area (Å²) in [7, 11) is 0. The van der Waals surface area contributed by atoms with E-state index in [1.807, 2.05) is 17.5 Å². The average Bonchev–Trinajstić information content (AvgIpc) is 2.82. The van der Waals surface area contributed by atoms with Gasteiger partial charge in [-0.1, -0.05) is 13.8 Å². The van der Waals surface area contributed by atoms with Gasteiger partial charge in [0, 0.05) is 37.1 Å². The molecule has 0 aromatic carbocycles. The number of rotatable bonds is 6. The van der Waals surface area contributed by atoms with E-state index in [9.17, 15) is 0 Å². The summed E-state index contributed by atoms with van der Waals surface area (Å²) in [5.41, 5.74) is 0. The molecule has 0 amide bonds. The van der Waals surface area contributed by atoms with Gasteiger partial charge in [0.05, 0.1) is 5.01 Å². The quantitative estimate of drug-likeness (QED) is 0.858. The van der Waals surface area contributed by atoms with Gasteiger partial charge < -0.3 is 10.2 Å². The van der Waals surface area contributed by atoms with Gasteiger partial charge in [0.2, 0.25) is 0 Å². The van der Waals surface area contributed by atoms with E-state index in [4.69, 9.17) is 0 Å². The topological polar surface area (TPSA) is 28.2 Å². The minimum absolute atomic E-state index is 0.874. The fraction of sp³-hybridized carbons (Fsp3) is 0.786. The maximum absolute atomic E-state index is 4.52. The van der Waals surface area contributed by atoms with Crippen LogP contribution in [0.5, 0.6) is 0 Å². The summed E-state index contributed by atoms with van der Waals surface area (Å²) < 4.78 is 0. The molecule has 2 heterocycles. The summed E-state index contributed by atoms with van der Waals surface area (Å²) in [4.78, 5) is 8.48. The molecule has 1 aromatic heterocycles. The predicted molar refractivity (Wildman–Crippen MR) is 78.0 cm³/mol. The maximum Gasteiger partial charge on any atom is 0.0940 e. The zero-order valence-electron chi connectivity index (χ0n) is 11.6. The Kier molecular flexibility index (Phi) is 5.60. The van der Waals surface area contributed by atoms with Crippen molar-refractivity contribution in [3.05, 3.63) is 16.1 Å². The molecule has 1 aromatic rings. The monoisotopic (exact) mass is 267 g/mol. The van der Waals surface area contributed by atoms with Crippen molar-refractivity contribution in [2.24, 2.45) is 5.92 Å². The lowest BCUT2D eigenvalue weighted by Crippen LogP contribution is -2.35. The van der Waals surface area contributed by atoms with Gasteiger partial charge in [-0.2, -0.15) is 0 Å². The van der Waals surface area contributed by atoms with E-state index in [0.717, 1.165) is 25.4 Å². The van der Waals surface area contributed by atoms with Gasteiger partial charge in [-0.25, -0.2) is 4.98 Å². The summed E-state index contributed by atoms with van der Waals surface area (Å²) in [6.07, 6.45) is 5.91. The lowest BCUT2D eigenvalue weighted by molar-refractivity contribution is 0.186. The van der Waals surface area contributed by atoms with Crippen molar-refractivity contribution in [1.82, 2.24) is 15.2 Å². The number of thiazole rings is 1. The molecule has 18 heavy (non-hydrogen) atoms. The van der Waals surface area contributed by atoms with Crippen LogP contribution in [0.15, 0.2) is 6.20 Å². The zero-order valence-corrected chi connectivity index (χ0v) is 12.4. The Balaban J connectivity index is 1.74. The highest BCUT2D eigenvalue weighted by Crippen LogP contribution is 2.17. The third kappa shape index (κ3) is 4.34. The predicted octanol–water partition coefficient (Wildman–Crippen LogP) is 2.53. The van der Waals surface area contributed by atoms with Gasteiger partial charge in [-0.15, -0.1) is 11.3 Å². The molecular formula is C14H25N3S. The number of nitrogens with one attached hydrogen (secondary N) is 1. The second-order valence-electron chi connectivity index (χ2n) is 5.30. The number of likely N-dealkylation sites (tertiary alicyclic amines) is 1. The van der Waals surface area contributed by atoms with Crippen LogP contribution in [0, 0.1) is 5.92 Å². The SMILES string of the molecule is CCNCc1cnc(CCN2CCCC(C)C2)s1. The van der Waals surface area contributed by atoms with Crippen molar-refractivity contribution < 1.29 is 0 Å². The molecule has 1 aliphatic rings. The minimum atomic E-state index is 0.874. The lowest BCUT2D eigenvalue weighted by atomic mass is 10.0. The molecule has 3 nitrogen and oxygen atoms in total. The van der Waals surface area contributed by atoms with Crippen molar-refractivity contribution in [1.29, 1.82) is 0 Å². The van der Waals surface area contributed by atoms with Crippen LogP contribution < -0.4 is 5.32 Å². The first-order chi connectivity index (χ1) is 8.78. The summed E-state index contributed by atoms with van der Waals surface area (Å²) in [5, 5.41) is 4.64. The maximum atomic E-state index is 4.52. The average molecular weight is 267 g/mol. The fourth-order valence-corrected chi connectivity index (χ4v) is 3.42. The number of nitrogens with zero attached hydrogens (tertiary/aromatic N) is 2. The van der Waals surface area contributed by atoms with E-state index in [2.05, 4.69) is 29.0 Å². The Labute approximate surface area is 115 Å². The van der Waals surface area contributed by atoms with Gasteiger partial charge in [-0.3, -0.25) is 0 Å². The highest BCUT2D eigenvalue weighted by atomic mass is 32.1. The normalized spacial score (nSPS) is 21.3. The van der Waals surface area contributed by atoms with Crippen LogP contribution in [-0.4, -0.2) is 36.1 Å². The third-order valence-corrected chi connectivity index (χ3v) is 4.59. The molecule has 1 aliphatic heterocycles. The molecule has 0 bridgehead atoms. The van der Waals surface area contributed by atoms with Crippen molar-refractivity contribution in [2.75, 3.05) is 26.2 Å².